The van der Waals surface area contributed by atoms with E-state index in [1.165, 1.54) is 0 Å². The molecule has 0 amide bonds. The van der Waals surface area contributed by atoms with E-state index in [0.29, 0.717) is 24.4 Å². The number of ether oxygens (including phenoxy) is 2. The Morgan fingerprint density at radius 2 is 1.92 bits per heavy atom. The average Bonchev–Trinajstić information content (AvgIpc) is 2.91. The number of hydrogen-bond donors (Lipinski definition) is 2. The molecule has 0 aromatic carbocycles. The van der Waals surface area contributed by atoms with Gasteiger partial charge in [-0.3, -0.25) is 10.2 Å². The van der Waals surface area contributed by atoms with E-state index >= 15 is 0 Å². The first-order valence-electron chi connectivity index (χ1n) is 7.84. The molecule has 0 bridgehead atoms. The first kappa shape index (κ1) is 24.0. The second-order valence-corrected chi connectivity index (χ2v) is 8.34. The summed E-state index contributed by atoms with van der Waals surface area (Å²) in [5, 5.41) is 3.26. The van der Waals surface area contributed by atoms with Crippen LogP contribution in [-0.4, -0.2) is 52.7 Å². The molecule has 2 heterocycles. The topological polar surface area (TPSA) is 111 Å². The normalized spacial score (nSPS) is 29.4. The van der Waals surface area contributed by atoms with Gasteiger partial charge in [-0.15, -0.1) is 6.92 Å². The molecule has 152 valence electrons. The van der Waals surface area contributed by atoms with E-state index in [1.807, 2.05) is 13.8 Å². The Balaban J connectivity index is 0.00000169. The van der Waals surface area contributed by atoms with Crippen molar-refractivity contribution in [2.45, 2.75) is 57.6 Å². The Labute approximate surface area is 179 Å². The SMILES string of the molecule is Cc1[c-]c(N[C@@H]2C[C@H](CCS(=O)(=O)O)[C@H]3OC(C)(C)O[C@H]32)n[c-]n1.[Rh].[Rh]. The molecule has 2 fully saturated rings. The maximum absolute atomic E-state index is 11.1. The summed E-state index contributed by atoms with van der Waals surface area (Å²) in [7, 11) is -4.00. The number of rotatable bonds is 5. The van der Waals surface area contributed by atoms with Crippen molar-refractivity contribution in [3.8, 4) is 0 Å². The second kappa shape index (κ2) is 8.97. The summed E-state index contributed by atoms with van der Waals surface area (Å²) in [6.07, 6.45) is 3.07. The Morgan fingerprint density at radius 1 is 1.27 bits per heavy atom. The van der Waals surface area contributed by atoms with Gasteiger partial charge in [-0.1, -0.05) is 0 Å². The van der Waals surface area contributed by atoms with E-state index in [2.05, 4.69) is 27.7 Å². The van der Waals surface area contributed by atoms with Crippen molar-refractivity contribution >= 4 is 15.9 Å². The Bertz CT molecular complexity index is 719. The molecular formula is C15H21N3O5Rh2S-2. The summed E-state index contributed by atoms with van der Waals surface area (Å²) in [5.74, 6) is -0.536. The number of aryl methyl sites for hydroxylation is 1. The number of hydrogen-bond acceptors (Lipinski definition) is 7. The minimum atomic E-state index is -4.00. The summed E-state index contributed by atoms with van der Waals surface area (Å²) in [6, 6.07) is 2.91. The molecular weight excluding hydrogens is 540 g/mol. The van der Waals surface area contributed by atoms with Crippen LogP contribution >= 0.6 is 0 Å². The van der Waals surface area contributed by atoms with Gasteiger partial charge in [-0.05, 0) is 32.6 Å². The third kappa shape index (κ3) is 5.98. The zero-order valence-electron chi connectivity index (χ0n) is 14.5. The van der Waals surface area contributed by atoms with E-state index in [9.17, 15) is 8.42 Å². The van der Waals surface area contributed by atoms with Crippen LogP contribution in [0.5, 0.6) is 0 Å². The van der Waals surface area contributed by atoms with Crippen molar-refractivity contribution in [1.82, 2.24) is 9.97 Å². The van der Waals surface area contributed by atoms with Crippen molar-refractivity contribution in [3.63, 3.8) is 0 Å². The third-order valence-corrected chi connectivity index (χ3v) is 5.08. The molecule has 1 aromatic rings. The van der Waals surface area contributed by atoms with Crippen LogP contribution in [0.4, 0.5) is 5.82 Å². The van der Waals surface area contributed by atoms with Crippen molar-refractivity contribution in [2.75, 3.05) is 11.1 Å². The van der Waals surface area contributed by atoms with E-state index in [-0.39, 0.29) is 68.9 Å². The fraction of sp³-hybridized carbons (Fsp3) is 0.733. The summed E-state index contributed by atoms with van der Waals surface area (Å²) < 4.78 is 43.1. The van der Waals surface area contributed by atoms with Gasteiger partial charge in [0.1, 0.15) is 6.10 Å². The number of aromatic nitrogens is 2. The van der Waals surface area contributed by atoms with Crippen molar-refractivity contribution in [1.29, 1.82) is 0 Å². The zero-order valence-corrected chi connectivity index (χ0v) is 18.6. The van der Waals surface area contributed by atoms with Crippen LogP contribution in [0.25, 0.3) is 0 Å². The monoisotopic (exact) mass is 561 g/mol. The molecule has 1 saturated carbocycles. The maximum atomic E-state index is 11.1. The van der Waals surface area contributed by atoms with Crippen molar-refractivity contribution in [2.24, 2.45) is 5.92 Å². The van der Waals surface area contributed by atoms with Gasteiger partial charge in [-0.25, -0.2) is 0 Å². The van der Waals surface area contributed by atoms with Gasteiger partial charge in [0.25, 0.3) is 10.1 Å². The molecule has 2 aliphatic rings. The molecule has 2 N–H and O–H groups in total. The van der Waals surface area contributed by atoms with Gasteiger partial charge in [0.15, 0.2) is 5.79 Å². The van der Waals surface area contributed by atoms with Crippen LogP contribution in [0.15, 0.2) is 0 Å². The van der Waals surface area contributed by atoms with Gasteiger partial charge >= 0.3 is 0 Å². The molecule has 0 spiro atoms. The fourth-order valence-electron chi connectivity index (χ4n) is 3.43. The zero-order chi connectivity index (χ0) is 17.5. The maximum Gasteiger partial charge on any atom is 0.264 e. The molecule has 0 unspecified atom stereocenters. The minimum Gasteiger partial charge on any atom is -0.550 e. The molecule has 1 aromatic heterocycles. The molecule has 8 nitrogen and oxygen atoms in total. The van der Waals surface area contributed by atoms with E-state index in [4.69, 9.17) is 14.0 Å². The average molecular weight is 561 g/mol. The predicted molar refractivity (Wildman–Crippen MR) is 84.8 cm³/mol. The summed E-state index contributed by atoms with van der Waals surface area (Å²) in [4.78, 5) is 7.92. The summed E-state index contributed by atoms with van der Waals surface area (Å²) in [5.41, 5.74) is 0.675. The smallest absolute Gasteiger partial charge is 0.264 e. The fourth-order valence-corrected chi connectivity index (χ4v) is 4.03. The summed E-state index contributed by atoms with van der Waals surface area (Å²) in [6.45, 7) is 5.46. The third-order valence-electron chi connectivity index (χ3n) is 4.33. The molecule has 1 saturated heterocycles. The molecule has 26 heavy (non-hydrogen) atoms. The predicted octanol–water partition coefficient (Wildman–Crippen LogP) is 0.979. The molecule has 1 aliphatic carbocycles. The van der Waals surface area contributed by atoms with Gasteiger partial charge in [0.2, 0.25) is 0 Å². The van der Waals surface area contributed by atoms with Gasteiger partial charge in [0.05, 0.1) is 11.9 Å². The van der Waals surface area contributed by atoms with Crippen molar-refractivity contribution in [3.05, 3.63) is 18.1 Å². The molecule has 3 rings (SSSR count). The van der Waals surface area contributed by atoms with Crippen LogP contribution in [-0.2, 0) is 58.5 Å². The van der Waals surface area contributed by atoms with Crippen LogP contribution in [0.1, 0.15) is 32.4 Å². The van der Waals surface area contributed by atoms with Crippen LogP contribution in [0.3, 0.4) is 0 Å². The van der Waals surface area contributed by atoms with E-state index < -0.39 is 15.9 Å². The number of nitrogens with one attached hydrogen (secondary N) is 1. The van der Waals surface area contributed by atoms with Crippen LogP contribution < -0.4 is 5.32 Å². The van der Waals surface area contributed by atoms with Crippen LogP contribution in [0.2, 0.25) is 0 Å². The quantitative estimate of drug-likeness (QED) is 0.311. The molecule has 2 radical (unpaired) electrons. The standard InChI is InChI=1S/C15H21N3O5S.2Rh/c1-9-6-12(17-8-16-9)18-11-7-10(4-5-24(19,20)21)13-14(11)23-15(2,3)22-13;;/h10-11,13-14H,4-5,7H2,1-3H3,(H,16,17,18)(H,19,20,21);;/q-2;;/t10-,11+,13+,14-;;/m0../s1. The molecule has 11 heteroatoms. The first-order valence-corrected chi connectivity index (χ1v) is 9.45. The van der Waals surface area contributed by atoms with E-state index in [1.54, 1.807) is 6.92 Å². The number of fused-ring (bicyclic) bond motifs is 1. The van der Waals surface area contributed by atoms with E-state index in [0.717, 1.165) is 0 Å². The number of nitrogens with zero attached hydrogens (tertiary/aromatic N) is 2. The minimum absolute atomic E-state index is 0. The van der Waals surface area contributed by atoms with Gasteiger partial charge in [0, 0.05) is 51.3 Å². The first-order chi connectivity index (χ1) is 11.1. The second-order valence-electron chi connectivity index (χ2n) is 6.77. The number of anilines is 1. The largest absolute Gasteiger partial charge is 0.550 e. The Hall–Kier alpha value is -0.0432. The Morgan fingerprint density at radius 3 is 2.54 bits per heavy atom. The molecule has 1 aliphatic heterocycles. The van der Waals surface area contributed by atoms with Gasteiger partial charge in [-0.2, -0.15) is 14.2 Å². The summed E-state index contributed by atoms with van der Waals surface area (Å²) >= 11 is 0. The van der Waals surface area contributed by atoms with Crippen molar-refractivity contribution < 1.29 is 61.4 Å². The molecule has 4 atom stereocenters. The van der Waals surface area contributed by atoms with Gasteiger partial charge < -0.3 is 30.8 Å². The van der Waals surface area contributed by atoms with Crippen LogP contribution in [0, 0.1) is 25.2 Å². The Kier molecular flexibility index (Phi) is 8.28.